The molecule has 0 aromatic carbocycles. The summed E-state index contributed by atoms with van der Waals surface area (Å²) >= 11 is 0. The van der Waals surface area contributed by atoms with Gasteiger partial charge in [0.15, 0.2) is 7.12 Å². The molecule has 0 unspecified atom stereocenters. The first-order valence-corrected chi connectivity index (χ1v) is 11.3. The van der Waals surface area contributed by atoms with Crippen molar-refractivity contribution in [3.63, 3.8) is 0 Å². The molecule has 0 saturated heterocycles. The van der Waals surface area contributed by atoms with Gasteiger partial charge in [-0.25, -0.2) is 0 Å². The fourth-order valence-electron chi connectivity index (χ4n) is 3.09. The van der Waals surface area contributed by atoms with E-state index in [1.807, 2.05) is 20.8 Å². The van der Waals surface area contributed by atoms with Crippen LogP contribution in [0, 0.1) is 0 Å². The average molecular weight is 353 g/mol. The van der Waals surface area contributed by atoms with Crippen LogP contribution in [0.2, 0.25) is 5.31 Å². The Bertz CT molecular complexity index is 263. The molecule has 0 aliphatic heterocycles. The van der Waals surface area contributed by atoms with Crippen LogP contribution in [-0.4, -0.2) is 13.7 Å². The molecule has 0 saturated carbocycles. The standard InChI is InChI=1S/C22H46BO2/c1-5-6-7-8-9-10-11-12-13-14-15-16-17-18-19-20-21-25-23(24)22(2,3)4/h5-21H2,1-4H3/q-1. The summed E-state index contributed by atoms with van der Waals surface area (Å²) in [4.78, 5) is 0. The van der Waals surface area contributed by atoms with Crippen molar-refractivity contribution in [1.29, 1.82) is 0 Å². The van der Waals surface area contributed by atoms with Gasteiger partial charge in [0.1, 0.15) is 0 Å². The Morgan fingerprint density at radius 2 is 0.920 bits per heavy atom. The van der Waals surface area contributed by atoms with Gasteiger partial charge in [-0.2, -0.15) is 0 Å². The molecule has 150 valence electrons. The highest BCUT2D eigenvalue weighted by Crippen LogP contribution is 2.24. The van der Waals surface area contributed by atoms with Crippen molar-refractivity contribution in [3.05, 3.63) is 0 Å². The molecular weight excluding hydrogens is 307 g/mol. The Balaban J connectivity index is 3.10. The van der Waals surface area contributed by atoms with Crippen molar-refractivity contribution >= 4 is 7.12 Å². The number of unbranched alkanes of at least 4 members (excludes halogenated alkanes) is 15. The van der Waals surface area contributed by atoms with Crippen molar-refractivity contribution in [1.82, 2.24) is 0 Å². The zero-order valence-electron chi connectivity index (χ0n) is 17.9. The predicted octanol–water partition coefficient (Wildman–Crippen LogP) is 6.91. The first kappa shape index (κ1) is 25.0. The third kappa shape index (κ3) is 18.6. The molecule has 0 bridgehead atoms. The smallest absolute Gasteiger partial charge is 0.188 e. The molecule has 0 rings (SSSR count). The van der Waals surface area contributed by atoms with Crippen molar-refractivity contribution in [3.8, 4) is 0 Å². The fourth-order valence-corrected chi connectivity index (χ4v) is 3.09. The van der Waals surface area contributed by atoms with Gasteiger partial charge in [0, 0.05) is 6.61 Å². The van der Waals surface area contributed by atoms with Crippen LogP contribution >= 0.6 is 0 Å². The predicted molar refractivity (Wildman–Crippen MR) is 111 cm³/mol. The van der Waals surface area contributed by atoms with Gasteiger partial charge >= 0.3 is 0 Å². The third-order valence-electron chi connectivity index (χ3n) is 4.97. The Morgan fingerprint density at radius 1 is 0.600 bits per heavy atom. The van der Waals surface area contributed by atoms with Crippen molar-refractivity contribution in [2.75, 3.05) is 6.61 Å². The van der Waals surface area contributed by atoms with Gasteiger partial charge in [-0.3, -0.25) is 0 Å². The maximum absolute atomic E-state index is 11.7. The van der Waals surface area contributed by atoms with Crippen molar-refractivity contribution in [2.45, 2.75) is 136 Å². The molecular formula is C22H46BO2-. The van der Waals surface area contributed by atoms with E-state index < -0.39 is 7.12 Å². The van der Waals surface area contributed by atoms with Gasteiger partial charge in [0.05, 0.1) is 0 Å². The van der Waals surface area contributed by atoms with Crippen molar-refractivity contribution in [2.24, 2.45) is 0 Å². The molecule has 0 aromatic heterocycles. The van der Waals surface area contributed by atoms with E-state index in [0.29, 0.717) is 6.61 Å². The Morgan fingerprint density at radius 3 is 1.24 bits per heavy atom. The molecule has 0 aromatic rings. The van der Waals surface area contributed by atoms with Gasteiger partial charge in [0.25, 0.3) is 0 Å². The highest BCUT2D eigenvalue weighted by molar-refractivity contribution is 6.44. The van der Waals surface area contributed by atoms with E-state index in [0.717, 1.165) is 6.42 Å². The third-order valence-corrected chi connectivity index (χ3v) is 4.97. The maximum Gasteiger partial charge on any atom is 0.188 e. The lowest BCUT2D eigenvalue weighted by molar-refractivity contribution is -0.229. The fraction of sp³-hybridized carbons (Fsp3) is 1.00. The van der Waals surface area contributed by atoms with E-state index in [2.05, 4.69) is 6.92 Å². The first-order valence-electron chi connectivity index (χ1n) is 11.3. The molecule has 0 spiro atoms. The lowest BCUT2D eigenvalue weighted by Gasteiger charge is -2.32. The second kappa shape index (κ2) is 17.4. The van der Waals surface area contributed by atoms with Crippen LogP contribution in [0.3, 0.4) is 0 Å². The molecule has 25 heavy (non-hydrogen) atoms. The second-order valence-corrected chi connectivity index (χ2v) is 8.87. The lowest BCUT2D eigenvalue weighted by atomic mass is 9.61. The molecule has 0 aliphatic carbocycles. The van der Waals surface area contributed by atoms with E-state index in [9.17, 15) is 5.02 Å². The van der Waals surface area contributed by atoms with E-state index in [-0.39, 0.29) is 5.31 Å². The lowest BCUT2D eigenvalue weighted by Crippen LogP contribution is -2.43. The minimum absolute atomic E-state index is 0.283. The molecule has 0 fully saturated rings. The Kier molecular flexibility index (Phi) is 17.4. The van der Waals surface area contributed by atoms with Gasteiger partial charge in [-0.1, -0.05) is 124 Å². The molecule has 2 nitrogen and oxygen atoms in total. The van der Waals surface area contributed by atoms with Gasteiger partial charge < -0.3 is 9.68 Å². The quantitative estimate of drug-likeness (QED) is 0.198. The summed E-state index contributed by atoms with van der Waals surface area (Å²) in [7, 11) is -0.885. The summed E-state index contributed by atoms with van der Waals surface area (Å²) in [6.07, 6.45) is 22.0. The number of hydrogen-bond donors (Lipinski definition) is 0. The monoisotopic (exact) mass is 353 g/mol. The molecule has 0 heterocycles. The van der Waals surface area contributed by atoms with Crippen LogP contribution in [-0.2, 0) is 4.65 Å². The van der Waals surface area contributed by atoms with E-state index in [1.165, 1.54) is 96.3 Å². The second-order valence-electron chi connectivity index (χ2n) is 8.87. The summed E-state index contributed by atoms with van der Waals surface area (Å²) in [6.45, 7) is 8.74. The summed E-state index contributed by atoms with van der Waals surface area (Å²) in [5, 5.41) is 11.4. The topological polar surface area (TPSA) is 32.3 Å². The number of hydrogen-bond acceptors (Lipinski definition) is 2. The summed E-state index contributed by atoms with van der Waals surface area (Å²) in [6, 6.07) is 0. The minimum atomic E-state index is -0.885. The van der Waals surface area contributed by atoms with Crippen LogP contribution in [0.5, 0.6) is 0 Å². The Hall–Kier alpha value is -0.0151. The van der Waals surface area contributed by atoms with Crippen LogP contribution in [0.1, 0.15) is 130 Å². The molecule has 0 amide bonds. The normalized spacial score (nSPS) is 11.9. The number of rotatable bonds is 18. The highest BCUT2D eigenvalue weighted by atomic mass is 16.5. The van der Waals surface area contributed by atoms with Crippen LogP contribution < -0.4 is 5.02 Å². The maximum atomic E-state index is 11.7. The largest absolute Gasteiger partial charge is 0.856 e. The van der Waals surface area contributed by atoms with E-state index in [4.69, 9.17) is 4.65 Å². The summed E-state index contributed by atoms with van der Waals surface area (Å²) < 4.78 is 5.37. The molecule has 3 heteroatoms. The van der Waals surface area contributed by atoms with E-state index in [1.54, 1.807) is 0 Å². The van der Waals surface area contributed by atoms with Crippen LogP contribution in [0.25, 0.3) is 0 Å². The molecule has 0 N–H and O–H groups in total. The minimum Gasteiger partial charge on any atom is -0.856 e. The molecule has 0 aliphatic rings. The SMILES string of the molecule is CCCCCCCCCCCCCCCCCCOB([O-])C(C)(C)C. The van der Waals surface area contributed by atoms with Gasteiger partial charge in [0.2, 0.25) is 0 Å². The van der Waals surface area contributed by atoms with Crippen LogP contribution in [0.15, 0.2) is 0 Å². The van der Waals surface area contributed by atoms with Gasteiger partial charge in [-0.15, -0.1) is 0 Å². The summed E-state index contributed by atoms with van der Waals surface area (Å²) in [5.74, 6) is 0. The Labute approximate surface area is 159 Å². The zero-order chi connectivity index (χ0) is 18.8. The van der Waals surface area contributed by atoms with Crippen molar-refractivity contribution < 1.29 is 9.68 Å². The first-order chi connectivity index (χ1) is 12.0. The average Bonchev–Trinajstić information content (AvgIpc) is 2.56. The van der Waals surface area contributed by atoms with Crippen LogP contribution in [0.4, 0.5) is 0 Å². The summed E-state index contributed by atoms with van der Waals surface area (Å²) in [5.41, 5.74) is 0. The molecule has 0 radical (unpaired) electrons. The zero-order valence-corrected chi connectivity index (χ0v) is 17.9. The molecule has 0 atom stereocenters. The van der Waals surface area contributed by atoms with Gasteiger partial charge in [-0.05, 0) is 11.7 Å². The highest BCUT2D eigenvalue weighted by Gasteiger charge is 2.17. The van der Waals surface area contributed by atoms with E-state index >= 15 is 0 Å².